The summed E-state index contributed by atoms with van der Waals surface area (Å²) in [5.41, 5.74) is -1.87. The van der Waals surface area contributed by atoms with Crippen molar-refractivity contribution in [3.8, 4) is 6.07 Å². The molecule has 2 aliphatic heterocycles. The smallest absolute Gasteiger partial charge is 0.419 e. The summed E-state index contributed by atoms with van der Waals surface area (Å²) in [7, 11) is 0. The van der Waals surface area contributed by atoms with Gasteiger partial charge < -0.3 is 20.0 Å². The Morgan fingerprint density at radius 1 is 1.21 bits per heavy atom. The molecule has 0 radical (unpaired) electrons. The molecule has 2 N–H and O–H groups in total. The second kappa shape index (κ2) is 6.39. The van der Waals surface area contributed by atoms with E-state index in [1.54, 1.807) is 11.0 Å². The molecule has 3 fully saturated rings. The summed E-state index contributed by atoms with van der Waals surface area (Å²) in [6, 6.07) is 1.57. The van der Waals surface area contributed by atoms with Crippen molar-refractivity contribution in [3.05, 3.63) is 16.1 Å². The number of aliphatic carboxylic acids is 1. The van der Waals surface area contributed by atoms with Crippen LogP contribution in [-0.4, -0.2) is 53.4 Å². The summed E-state index contributed by atoms with van der Waals surface area (Å²) in [5, 5.41) is 27.1. The number of halogens is 4. The van der Waals surface area contributed by atoms with E-state index in [0.717, 1.165) is 0 Å². The second-order valence-corrected chi connectivity index (χ2v) is 7.86. The molecule has 1 aliphatic carbocycles. The normalized spacial score (nSPS) is 26.6. The van der Waals surface area contributed by atoms with Crippen LogP contribution in [0.1, 0.15) is 17.5 Å². The monoisotopic (exact) mass is 416 g/mol. The fourth-order valence-corrected chi connectivity index (χ4v) is 4.67. The first kappa shape index (κ1) is 19.1. The van der Waals surface area contributed by atoms with Gasteiger partial charge in [-0.25, -0.2) is 4.98 Å². The number of carboxylic acid groups (broad SMARTS) is 1. The van der Waals surface area contributed by atoms with Gasteiger partial charge in [-0.15, -0.1) is 0 Å². The van der Waals surface area contributed by atoms with E-state index in [0.29, 0.717) is 13.1 Å². The number of alkyl halides is 3. The van der Waals surface area contributed by atoms with Crippen molar-refractivity contribution in [1.29, 1.82) is 5.26 Å². The molecule has 4 rings (SSSR count). The first-order valence-corrected chi connectivity index (χ1v) is 9.10. The van der Waals surface area contributed by atoms with Crippen molar-refractivity contribution >= 4 is 29.2 Å². The van der Waals surface area contributed by atoms with Crippen LogP contribution in [0.2, 0.25) is 5.02 Å². The Balaban J connectivity index is 1.70. The lowest BCUT2D eigenvalue weighted by Crippen LogP contribution is -2.51. The maximum absolute atomic E-state index is 13.7. The second-order valence-electron chi connectivity index (χ2n) is 7.49. The van der Waals surface area contributed by atoms with Gasteiger partial charge in [-0.05, 0) is 17.8 Å². The summed E-state index contributed by atoms with van der Waals surface area (Å²) < 4.78 is 41.0. The van der Waals surface area contributed by atoms with Crippen LogP contribution < -0.4 is 9.80 Å². The minimum absolute atomic E-state index is 0.0259. The van der Waals surface area contributed by atoms with E-state index >= 15 is 0 Å². The SMILES string of the molecule is N#Cc1c(N2CC(O)C2)nc(N2CC3C(CC(=O)O)C3C2)c(Cl)c1C(F)(F)F. The molecule has 0 spiro atoms. The number of aliphatic hydroxyl groups is 1. The highest BCUT2D eigenvalue weighted by Gasteiger charge is 2.57. The fraction of sp³-hybridized carbons (Fsp3) is 0.588. The van der Waals surface area contributed by atoms with Gasteiger partial charge in [0.1, 0.15) is 17.5 Å². The quantitative estimate of drug-likeness (QED) is 0.773. The third kappa shape index (κ3) is 3.02. The van der Waals surface area contributed by atoms with Gasteiger partial charge in [-0.3, -0.25) is 4.79 Å². The molecule has 1 aromatic heterocycles. The van der Waals surface area contributed by atoms with Gasteiger partial charge in [0, 0.05) is 32.6 Å². The molecule has 2 unspecified atom stereocenters. The van der Waals surface area contributed by atoms with Crippen LogP contribution in [0.3, 0.4) is 0 Å². The molecule has 11 heteroatoms. The van der Waals surface area contributed by atoms with E-state index in [9.17, 15) is 28.3 Å². The van der Waals surface area contributed by atoms with Crippen molar-refractivity contribution in [1.82, 2.24) is 4.98 Å². The highest BCUT2D eigenvalue weighted by molar-refractivity contribution is 6.34. The number of aliphatic hydroxyl groups excluding tert-OH is 1. The van der Waals surface area contributed by atoms with Crippen LogP contribution in [0.4, 0.5) is 24.8 Å². The third-order valence-corrected chi connectivity index (χ3v) is 6.10. The zero-order valence-corrected chi connectivity index (χ0v) is 15.2. The first-order chi connectivity index (χ1) is 13.1. The maximum atomic E-state index is 13.7. The van der Waals surface area contributed by atoms with Crippen molar-refractivity contribution < 1.29 is 28.2 Å². The number of carbonyl (C=O) groups is 1. The molecular formula is C17H16ClF3N4O3. The molecule has 2 saturated heterocycles. The molecule has 150 valence electrons. The average Bonchev–Trinajstić information content (AvgIpc) is 3.01. The molecule has 1 saturated carbocycles. The number of carboxylic acids is 1. The zero-order chi connectivity index (χ0) is 20.4. The van der Waals surface area contributed by atoms with E-state index in [1.807, 2.05) is 0 Å². The molecule has 0 aromatic carbocycles. The van der Waals surface area contributed by atoms with Crippen LogP contribution in [0.25, 0.3) is 0 Å². The largest absolute Gasteiger partial charge is 0.481 e. The van der Waals surface area contributed by atoms with Crippen LogP contribution in [0.5, 0.6) is 0 Å². The van der Waals surface area contributed by atoms with E-state index in [1.165, 1.54) is 4.90 Å². The molecule has 0 amide bonds. The molecule has 7 nitrogen and oxygen atoms in total. The first-order valence-electron chi connectivity index (χ1n) is 8.72. The number of pyridine rings is 1. The number of aromatic nitrogens is 1. The Hall–Kier alpha value is -2.25. The average molecular weight is 417 g/mol. The van der Waals surface area contributed by atoms with Gasteiger partial charge >= 0.3 is 12.1 Å². The lowest BCUT2D eigenvalue weighted by Gasteiger charge is -2.38. The number of hydrogen-bond donors (Lipinski definition) is 2. The lowest BCUT2D eigenvalue weighted by molar-refractivity contribution is -0.138. The van der Waals surface area contributed by atoms with Gasteiger partial charge in [0.05, 0.1) is 16.7 Å². The molecule has 3 aliphatic rings. The standard InChI is InChI=1S/C17H16ClF3N4O3/c18-14-13(17(19,20)21)9(2-22)15(24-3-7(26)4-24)23-16(14)25-5-10-8(1-12(27)28)11(10)6-25/h7-8,10-11,26H,1,3-6H2,(H,27,28). The molecule has 3 heterocycles. The number of β-amino-alcohol motifs (C(OH)–C–C–N with tert-alkyl or cyclic N) is 1. The van der Waals surface area contributed by atoms with E-state index in [4.69, 9.17) is 16.7 Å². The van der Waals surface area contributed by atoms with Crippen molar-refractivity contribution in [2.45, 2.75) is 18.7 Å². The van der Waals surface area contributed by atoms with Crippen LogP contribution in [0, 0.1) is 29.1 Å². The van der Waals surface area contributed by atoms with Crippen molar-refractivity contribution in [2.75, 3.05) is 36.0 Å². The van der Waals surface area contributed by atoms with E-state index in [-0.39, 0.29) is 48.9 Å². The van der Waals surface area contributed by atoms with Crippen molar-refractivity contribution in [2.24, 2.45) is 17.8 Å². The Kier molecular flexibility index (Phi) is 4.35. The number of anilines is 2. The summed E-state index contributed by atoms with van der Waals surface area (Å²) in [4.78, 5) is 18.2. The van der Waals surface area contributed by atoms with Gasteiger partial charge in [0.25, 0.3) is 0 Å². The molecular weight excluding hydrogens is 401 g/mol. The number of piperidine rings is 1. The maximum Gasteiger partial charge on any atom is 0.419 e. The number of nitriles is 1. The van der Waals surface area contributed by atoms with Gasteiger partial charge in [0.15, 0.2) is 5.82 Å². The molecule has 0 bridgehead atoms. The Labute approximate surface area is 162 Å². The zero-order valence-electron chi connectivity index (χ0n) is 14.4. The number of nitrogens with zero attached hydrogens (tertiary/aromatic N) is 4. The van der Waals surface area contributed by atoms with Crippen LogP contribution in [0.15, 0.2) is 0 Å². The number of rotatable bonds is 4. The van der Waals surface area contributed by atoms with E-state index < -0.39 is 34.4 Å². The minimum atomic E-state index is -4.84. The predicted octanol–water partition coefficient (Wildman–Crippen LogP) is 1.96. The summed E-state index contributed by atoms with van der Waals surface area (Å²) in [6.45, 7) is 0.930. The lowest BCUT2D eigenvalue weighted by atomic mass is 10.1. The summed E-state index contributed by atoms with van der Waals surface area (Å²) in [5.74, 6) is -0.870. The summed E-state index contributed by atoms with van der Waals surface area (Å²) in [6.07, 6.45) is -5.48. The number of fused-ring (bicyclic) bond motifs is 1. The fourth-order valence-electron chi connectivity index (χ4n) is 4.30. The van der Waals surface area contributed by atoms with Crippen molar-refractivity contribution in [3.63, 3.8) is 0 Å². The highest BCUT2D eigenvalue weighted by Crippen LogP contribution is 2.55. The Bertz CT molecular complexity index is 870. The van der Waals surface area contributed by atoms with Gasteiger partial charge in [-0.1, -0.05) is 11.6 Å². The predicted molar refractivity (Wildman–Crippen MR) is 92.1 cm³/mol. The highest BCUT2D eigenvalue weighted by atomic mass is 35.5. The third-order valence-electron chi connectivity index (χ3n) is 5.74. The van der Waals surface area contributed by atoms with E-state index in [2.05, 4.69) is 4.98 Å². The minimum Gasteiger partial charge on any atom is -0.481 e. The van der Waals surface area contributed by atoms with Crippen LogP contribution in [-0.2, 0) is 11.0 Å². The molecule has 28 heavy (non-hydrogen) atoms. The van der Waals surface area contributed by atoms with Gasteiger partial charge in [0.2, 0.25) is 0 Å². The van der Waals surface area contributed by atoms with Crippen LogP contribution >= 0.6 is 11.6 Å². The molecule has 2 atom stereocenters. The molecule has 1 aromatic rings. The topological polar surface area (TPSA) is 101 Å². The number of hydrogen-bond acceptors (Lipinski definition) is 6. The Morgan fingerprint density at radius 3 is 2.25 bits per heavy atom. The van der Waals surface area contributed by atoms with Gasteiger partial charge in [-0.2, -0.15) is 18.4 Å². The summed E-state index contributed by atoms with van der Waals surface area (Å²) >= 11 is 6.07. The Morgan fingerprint density at radius 2 is 1.79 bits per heavy atom.